The topological polar surface area (TPSA) is 52.1 Å². The number of rotatable bonds is 2. The standard InChI is InChI=1S/C8H10N2O2/c1-6(8(11)12-2)7-5-9-3-4-10-7/h3-6H,1-2H3. The second-order valence-corrected chi connectivity index (χ2v) is 2.38. The van der Waals surface area contributed by atoms with E-state index in [1.165, 1.54) is 7.11 Å². The third-order valence-electron chi connectivity index (χ3n) is 1.58. The zero-order valence-electron chi connectivity index (χ0n) is 7.02. The van der Waals surface area contributed by atoms with Crippen molar-refractivity contribution in [2.75, 3.05) is 7.11 Å². The van der Waals surface area contributed by atoms with Crippen molar-refractivity contribution in [2.45, 2.75) is 12.8 Å². The zero-order chi connectivity index (χ0) is 8.97. The molecule has 0 saturated carbocycles. The van der Waals surface area contributed by atoms with Crippen LogP contribution >= 0.6 is 0 Å². The summed E-state index contributed by atoms with van der Waals surface area (Å²) >= 11 is 0. The van der Waals surface area contributed by atoms with Gasteiger partial charge in [-0.1, -0.05) is 0 Å². The Morgan fingerprint density at radius 3 is 2.83 bits per heavy atom. The SMILES string of the molecule is COC(=O)C(C)c1cnccn1. The number of aromatic nitrogens is 2. The van der Waals surface area contributed by atoms with E-state index in [2.05, 4.69) is 14.7 Å². The first kappa shape index (κ1) is 8.64. The van der Waals surface area contributed by atoms with Crippen LogP contribution in [0.2, 0.25) is 0 Å². The molecule has 0 N–H and O–H groups in total. The van der Waals surface area contributed by atoms with Gasteiger partial charge in [-0.3, -0.25) is 14.8 Å². The van der Waals surface area contributed by atoms with Crippen LogP contribution in [0, 0.1) is 0 Å². The van der Waals surface area contributed by atoms with Crippen molar-refractivity contribution < 1.29 is 9.53 Å². The molecule has 12 heavy (non-hydrogen) atoms. The molecule has 0 aliphatic heterocycles. The van der Waals surface area contributed by atoms with Crippen LogP contribution in [0.25, 0.3) is 0 Å². The first-order valence-electron chi connectivity index (χ1n) is 3.59. The van der Waals surface area contributed by atoms with Crippen LogP contribution in [-0.2, 0) is 9.53 Å². The first-order chi connectivity index (χ1) is 5.75. The number of esters is 1. The Labute approximate surface area is 70.6 Å². The second-order valence-electron chi connectivity index (χ2n) is 2.38. The minimum absolute atomic E-state index is 0.296. The Hall–Kier alpha value is -1.45. The second kappa shape index (κ2) is 3.80. The summed E-state index contributed by atoms with van der Waals surface area (Å²) in [6, 6.07) is 0. The molecular weight excluding hydrogens is 156 g/mol. The fraction of sp³-hybridized carbons (Fsp3) is 0.375. The minimum Gasteiger partial charge on any atom is -0.469 e. The predicted molar refractivity (Wildman–Crippen MR) is 42.5 cm³/mol. The van der Waals surface area contributed by atoms with Gasteiger partial charge in [0.05, 0.1) is 18.7 Å². The summed E-state index contributed by atoms with van der Waals surface area (Å²) in [5.74, 6) is -0.640. The molecule has 1 aromatic rings. The fourth-order valence-electron chi connectivity index (χ4n) is 0.832. The number of hydrogen-bond acceptors (Lipinski definition) is 4. The molecule has 1 heterocycles. The van der Waals surface area contributed by atoms with E-state index in [-0.39, 0.29) is 11.9 Å². The van der Waals surface area contributed by atoms with Crippen LogP contribution in [0.15, 0.2) is 18.6 Å². The van der Waals surface area contributed by atoms with Gasteiger partial charge < -0.3 is 4.74 Å². The maximum absolute atomic E-state index is 11.0. The molecule has 4 heteroatoms. The number of carbonyl (C=O) groups is 1. The normalized spacial score (nSPS) is 12.2. The summed E-state index contributed by atoms with van der Waals surface area (Å²) in [6.07, 6.45) is 4.67. The number of nitrogens with zero attached hydrogens (tertiary/aromatic N) is 2. The van der Waals surface area contributed by atoms with Crippen LogP contribution in [0.3, 0.4) is 0 Å². The molecule has 0 aromatic carbocycles. The lowest BCUT2D eigenvalue weighted by Crippen LogP contribution is -2.12. The molecule has 0 aliphatic carbocycles. The number of methoxy groups -OCH3 is 1. The molecule has 0 saturated heterocycles. The maximum Gasteiger partial charge on any atom is 0.314 e. The highest BCUT2D eigenvalue weighted by Gasteiger charge is 2.16. The summed E-state index contributed by atoms with van der Waals surface area (Å²) in [5.41, 5.74) is 0.629. The van der Waals surface area contributed by atoms with Gasteiger partial charge in [0.2, 0.25) is 0 Å². The Morgan fingerprint density at radius 1 is 1.58 bits per heavy atom. The zero-order valence-corrected chi connectivity index (χ0v) is 7.02. The molecule has 0 fully saturated rings. The van der Waals surface area contributed by atoms with Gasteiger partial charge in [0.1, 0.15) is 0 Å². The summed E-state index contributed by atoms with van der Waals surface area (Å²) in [4.78, 5) is 18.9. The van der Waals surface area contributed by atoms with Crippen LogP contribution in [-0.4, -0.2) is 23.0 Å². The van der Waals surface area contributed by atoms with Crippen molar-refractivity contribution in [1.82, 2.24) is 9.97 Å². The Kier molecular flexibility index (Phi) is 2.74. The summed E-state index contributed by atoms with van der Waals surface area (Å²) in [7, 11) is 1.36. The Balaban J connectivity index is 2.78. The smallest absolute Gasteiger partial charge is 0.314 e. The quantitative estimate of drug-likeness (QED) is 0.608. The Bertz CT molecular complexity index is 261. The first-order valence-corrected chi connectivity index (χ1v) is 3.59. The van der Waals surface area contributed by atoms with Crippen molar-refractivity contribution >= 4 is 5.97 Å². The van der Waals surface area contributed by atoms with Crippen molar-refractivity contribution in [3.8, 4) is 0 Å². The number of carbonyl (C=O) groups excluding carboxylic acids is 1. The Morgan fingerprint density at radius 2 is 2.33 bits per heavy atom. The third kappa shape index (κ3) is 1.78. The lowest BCUT2D eigenvalue weighted by molar-refractivity contribution is -0.142. The lowest BCUT2D eigenvalue weighted by atomic mass is 10.1. The monoisotopic (exact) mass is 166 g/mol. The van der Waals surface area contributed by atoms with Crippen molar-refractivity contribution in [3.63, 3.8) is 0 Å². The van der Waals surface area contributed by atoms with E-state index in [0.29, 0.717) is 5.69 Å². The van der Waals surface area contributed by atoms with Gasteiger partial charge in [-0.2, -0.15) is 0 Å². The molecular formula is C8H10N2O2. The third-order valence-corrected chi connectivity index (χ3v) is 1.58. The molecule has 1 aromatic heterocycles. The van der Waals surface area contributed by atoms with Crippen LogP contribution in [0.5, 0.6) is 0 Å². The molecule has 1 unspecified atom stereocenters. The van der Waals surface area contributed by atoms with Gasteiger partial charge in [-0.25, -0.2) is 0 Å². The molecule has 0 aliphatic rings. The van der Waals surface area contributed by atoms with Gasteiger partial charge in [0, 0.05) is 18.6 Å². The van der Waals surface area contributed by atoms with E-state index in [0.717, 1.165) is 0 Å². The van der Waals surface area contributed by atoms with Gasteiger partial charge in [0.15, 0.2) is 0 Å². The van der Waals surface area contributed by atoms with Crippen molar-refractivity contribution in [3.05, 3.63) is 24.3 Å². The van der Waals surface area contributed by atoms with Crippen molar-refractivity contribution in [2.24, 2.45) is 0 Å². The average Bonchev–Trinajstić information content (AvgIpc) is 2.17. The van der Waals surface area contributed by atoms with E-state index in [9.17, 15) is 4.79 Å². The van der Waals surface area contributed by atoms with Crippen LogP contribution in [0.4, 0.5) is 0 Å². The molecule has 1 atom stereocenters. The molecule has 4 nitrogen and oxygen atoms in total. The summed E-state index contributed by atoms with van der Waals surface area (Å²) in [5, 5.41) is 0. The molecule has 64 valence electrons. The molecule has 0 amide bonds. The summed E-state index contributed by atoms with van der Waals surface area (Å²) < 4.78 is 4.56. The summed E-state index contributed by atoms with van der Waals surface area (Å²) in [6.45, 7) is 1.73. The van der Waals surface area contributed by atoms with Crippen LogP contribution in [0.1, 0.15) is 18.5 Å². The molecule has 1 rings (SSSR count). The highest BCUT2D eigenvalue weighted by Crippen LogP contribution is 2.11. The van der Waals surface area contributed by atoms with E-state index < -0.39 is 0 Å². The fourth-order valence-corrected chi connectivity index (χ4v) is 0.832. The largest absolute Gasteiger partial charge is 0.469 e. The van der Waals surface area contributed by atoms with E-state index >= 15 is 0 Å². The number of ether oxygens (including phenoxy) is 1. The molecule has 0 spiro atoms. The van der Waals surface area contributed by atoms with E-state index in [1.807, 2.05) is 0 Å². The van der Waals surface area contributed by atoms with Crippen molar-refractivity contribution in [1.29, 1.82) is 0 Å². The predicted octanol–water partition coefficient (Wildman–Crippen LogP) is 0.753. The van der Waals surface area contributed by atoms with Gasteiger partial charge >= 0.3 is 5.97 Å². The van der Waals surface area contributed by atoms with E-state index in [4.69, 9.17) is 0 Å². The van der Waals surface area contributed by atoms with E-state index in [1.54, 1.807) is 25.5 Å². The van der Waals surface area contributed by atoms with Crippen LogP contribution < -0.4 is 0 Å². The average molecular weight is 166 g/mol. The minimum atomic E-state index is -0.344. The maximum atomic E-state index is 11.0. The molecule has 0 radical (unpaired) electrons. The van der Waals surface area contributed by atoms with Gasteiger partial charge in [-0.05, 0) is 6.92 Å². The van der Waals surface area contributed by atoms with Gasteiger partial charge in [0.25, 0.3) is 0 Å². The highest BCUT2D eigenvalue weighted by atomic mass is 16.5. The highest BCUT2D eigenvalue weighted by molar-refractivity contribution is 5.76. The lowest BCUT2D eigenvalue weighted by Gasteiger charge is -2.06. The molecule has 0 bridgehead atoms. The van der Waals surface area contributed by atoms with Gasteiger partial charge in [-0.15, -0.1) is 0 Å². The number of hydrogen-bond donors (Lipinski definition) is 0.